The highest BCUT2D eigenvalue weighted by Crippen LogP contribution is 2.35. The highest BCUT2D eigenvalue weighted by Gasteiger charge is 2.24. The van der Waals surface area contributed by atoms with Gasteiger partial charge < -0.3 is 5.32 Å². The van der Waals surface area contributed by atoms with Gasteiger partial charge in [-0.05, 0) is 54.5 Å². The first kappa shape index (κ1) is 15.5. The molecule has 0 saturated carbocycles. The van der Waals surface area contributed by atoms with E-state index >= 15 is 0 Å². The van der Waals surface area contributed by atoms with Gasteiger partial charge in [-0.3, -0.25) is 4.79 Å². The van der Waals surface area contributed by atoms with Crippen molar-refractivity contribution in [2.24, 2.45) is 11.8 Å². The van der Waals surface area contributed by atoms with E-state index < -0.39 is 0 Å². The molecule has 1 aromatic carbocycles. The van der Waals surface area contributed by atoms with E-state index in [1.807, 2.05) is 11.3 Å². The number of benzene rings is 1. The van der Waals surface area contributed by atoms with Gasteiger partial charge in [0.25, 0.3) is 0 Å². The number of carbonyl (C=O) groups excluding carboxylic acids is 1. The van der Waals surface area contributed by atoms with Crippen molar-refractivity contribution in [3.8, 4) is 0 Å². The molecule has 3 atom stereocenters. The maximum atomic E-state index is 11.5. The molecule has 0 aliphatic carbocycles. The first-order chi connectivity index (χ1) is 10.6. The van der Waals surface area contributed by atoms with Crippen molar-refractivity contribution < 1.29 is 4.79 Å². The third-order valence-corrected chi connectivity index (χ3v) is 6.42. The molecule has 1 saturated heterocycles. The number of piperidine rings is 1. The summed E-state index contributed by atoms with van der Waals surface area (Å²) in [6.45, 7) is 5.52. The zero-order valence-corrected chi connectivity index (χ0v) is 14.3. The largest absolute Gasteiger partial charge is 0.356 e. The molecule has 2 heterocycles. The molecule has 0 bridgehead atoms. The number of thiophene rings is 1. The summed E-state index contributed by atoms with van der Waals surface area (Å²) in [6.07, 6.45) is 4.29. The lowest BCUT2D eigenvalue weighted by Gasteiger charge is -2.28. The Morgan fingerprint density at radius 1 is 1.27 bits per heavy atom. The fourth-order valence-electron chi connectivity index (χ4n) is 3.43. The molecule has 3 rings (SSSR count). The number of nitrogens with one attached hydrogen (secondary N) is 1. The molecule has 3 unspecified atom stereocenters. The Morgan fingerprint density at radius 3 is 2.86 bits per heavy atom. The van der Waals surface area contributed by atoms with Crippen molar-refractivity contribution in [3.05, 3.63) is 35.2 Å². The lowest BCUT2D eigenvalue weighted by molar-refractivity contribution is -0.124. The molecule has 1 N–H and O–H groups in total. The second-order valence-electron chi connectivity index (χ2n) is 6.75. The van der Waals surface area contributed by atoms with Crippen LogP contribution >= 0.6 is 11.3 Å². The van der Waals surface area contributed by atoms with Crippen LogP contribution in [0.15, 0.2) is 30.3 Å². The fourth-order valence-corrected chi connectivity index (χ4v) is 4.58. The zero-order chi connectivity index (χ0) is 15.5. The minimum atomic E-state index is 0.237. The first-order valence-electron chi connectivity index (χ1n) is 8.38. The van der Waals surface area contributed by atoms with Crippen LogP contribution in [-0.4, -0.2) is 12.5 Å². The molecule has 1 aliphatic rings. The summed E-state index contributed by atoms with van der Waals surface area (Å²) >= 11 is 1.93. The molecule has 2 nitrogen and oxygen atoms in total. The molecule has 0 spiro atoms. The summed E-state index contributed by atoms with van der Waals surface area (Å²) in [6, 6.07) is 11.0. The third kappa shape index (κ3) is 3.52. The number of rotatable bonds is 5. The van der Waals surface area contributed by atoms with Gasteiger partial charge in [-0.15, -0.1) is 11.3 Å². The molecule has 1 fully saturated rings. The van der Waals surface area contributed by atoms with Crippen LogP contribution in [0, 0.1) is 11.8 Å². The molecule has 1 amide bonds. The van der Waals surface area contributed by atoms with E-state index in [1.165, 1.54) is 27.8 Å². The van der Waals surface area contributed by atoms with Crippen molar-refractivity contribution >= 4 is 27.3 Å². The van der Waals surface area contributed by atoms with Gasteiger partial charge in [0.15, 0.2) is 0 Å². The van der Waals surface area contributed by atoms with Gasteiger partial charge in [0.05, 0.1) is 0 Å². The maximum absolute atomic E-state index is 11.5. The van der Waals surface area contributed by atoms with Crippen molar-refractivity contribution in [3.63, 3.8) is 0 Å². The Morgan fingerprint density at radius 2 is 2.09 bits per heavy atom. The summed E-state index contributed by atoms with van der Waals surface area (Å²) in [5, 5.41) is 4.30. The highest BCUT2D eigenvalue weighted by atomic mass is 32.1. The van der Waals surface area contributed by atoms with E-state index in [-0.39, 0.29) is 5.91 Å². The molecule has 118 valence electrons. The average molecular weight is 315 g/mol. The van der Waals surface area contributed by atoms with E-state index in [2.05, 4.69) is 49.5 Å². The minimum absolute atomic E-state index is 0.237. The topological polar surface area (TPSA) is 29.1 Å². The second-order valence-corrected chi connectivity index (χ2v) is 7.86. The van der Waals surface area contributed by atoms with Crippen molar-refractivity contribution in [2.45, 2.75) is 45.4 Å². The SMILES string of the molecule is CC(CCC(C)C1CCNC(=O)C1)c1cc2ccccc2s1. The van der Waals surface area contributed by atoms with Crippen LogP contribution in [-0.2, 0) is 4.79 Å². The average Bonchev–Trinajstić information content (AvgIpc) is 2.96. The second kappa shape index (κ2) is 6.82. The molecule has 3 heteroatoms. The lowest BCUT2D eigenvalue weighted by atomic mass is 9.82. The number of hydrogen-bond acceptors (Lipinski definition) is 2. The summed E-state index contributed by atoms with van der Waals surface area (Å²) in [4.78, 5) is 13.0. The van der Waals surface area contributed by atoms with Gasteiger partial charge in [0, 0.05) is 22.5 Å². The number of carbonyl (C=O) groups is 1. The number of amides is 1. The molecular formula is C19H25NOS. The quantitative estimate of drug-likeness (QED) is 0.831. The maximum Gasteiger partial charge on any atom is 0.220 e. The summed E-state index contributed by atoms with van der Waals surface area (Å²) < 4.78 is 1.39. The van der Waals surface area contributed by atoms with Gasteiger partial charge in [0.2, 0.25) is 5.91 Å². The number of hydrogen-bond donors (Lipinski definition) is 1. The Labute approximate surface area is 136 Å². The fraction of sp³-hybridized carbons (Fsp3) is 0.526. The lowest BCUT2D eigenvalue weighted by Crippen LogP contribution is -2.35. The first-order valence-corrected chi connectivity index (χ1v) is 9.20. The van der Waals surface area contributed by atoms with Gasteiger partial charge in [-0.1, -0.05) is 32.0 Å². The van der Waals surface area contributed by atoms with E-state index in [0.29, 0.717) is 17.8 Å². The Balaban J connectivity index is 1.57. The molecule has 1 aliphatic heterocycles. The van der Waals surface area contributed by atoms with Crippen molar-refractivity contribution in [1.29, 1.82) is 0 Å². The standard InChI is InChI=1S/C19H25NOS/c1-13(15-9-10-20-19(21)12-15)7-8-14(2)18-11-16-5-3-4-6-17(16)22-18/h3-6,11,13-15H,7-10,12H2,1-2H3,(H,20,21). The minimum Gasteiger partial charge on any atom is -0.356 e. The monoisotopic (exact) mass is 315 g/mol. The van der Waals surface area contributed by atoms with E-state index in [1.54, 1.807) is 0 Å². The predicted octanol–water partition coefficient (Wildman–Crippen LogP) is 4.95. The van der Waals surface area contributed by atoms with Crippen LogP contribution in [0.1, 0.15) is 50.3 Å². The van der Waals surface area contributed by atoms with Crippen molar-refractivity contribution in [1.82, 2.24) is 5.32 Å². The van der Waals surface area contributed by atoms with Crippen LogP contribution in [0.5, 0.6) is 0 Å². The Kier molecular flexibility index (Phi) is 4.82. The highest BCUT2D eigenvalue weighted by molar-refractivity contribution is 7.19. The predicted molar refractivity (Wildman–Crippen MR) is 94.4 cm³/mol. The van der Waals surface area contributed by atoms with Crippen LogP contribution in [0.2, 0.25) is 0 Å². The van der Waals surface area contributed by atoms with Gasteiger partial charge in [-0.2, -0.15) is 0 Å². The molecule has 1 aromatic heterocycles. The van der Waals surface area contributed by atoms with Crippen LogP contribution in [0.4, 0.5) is 0 Å². The molecular weight excluding hydrogens is 290 g/mol. The summed E-state index contributed by atoms with van der Waals surface area (Å²) in [5.74, 6) is 2.06. The normalized spacial score (nSPS) is 21.5. The molecule has 0 radical (unpaired) electrons. The van der Waals surface area contributed by atoms with Crippen LogP contribution in [0.3, 0.4) is 0 Å². The smallest absolute Gasteiger partial charge is 0.220 e. The number of fused-ring (bicyclic) bond motifs is 1. The van der Waals surface area contributed by atoms with E-state index in [0.717, 1.165) is 19.4 Å². The molecule has 22 heavy (non-hydrogen) atoms. The van der Waals surface area contributed by atoms with Gasteiger partial charge in [-0.25, -0.2) is 0 Å². The van der Waals surface area contributed by atoms with Gasteiger partial charge >= 0.3 is 0 Å². The van der Waals surface area contributed by atoms with Crippen LogP contribution < -0.4 is 5.32 Å². The Hall–Kier alpha value is -1.35. The summed E-state index contributed by atoms with van der Waals surface area (Å²) in [7, 11) is 0. The van der Waals surface area contributed by atoms with Crippen molar-refractivity contribution in [2.75, 3.05) is 6.54 Å². The Bertz CT molecular complexity index is 615. The van der Waals surface area contributed by atoms with Crippen LogP contribution in [0.25, 0.3) is 10.1 Å². The van der Waals surface area contributed by atoms with E-state index in [9.17, 15) is 4.79 Å². The van der Waals surface area contributed by atoms with E-state index in [4.69, 9.17) is 0 Å². The zero-order valence-electron chi connectivity index (χ0n) is 13.5. The third-order valence-electron chi connectivity index (χ3n) is 5.07. The van der Waals surface area contributed by atoms with Gasteiger partial charge in [0.1, 0.15) is 0 Å². The summed E-state index contributed by atoms with van der Waals surface area (Å²) in [5.41, 5.74) is 0. The molecule has 2 aromatic rings.